The van der Waals surface area contributed by atoms with Crippen molar-refractivity contribution in [1.29, 1.82) is 0 Å². The van der Waals surface area contributed by atoms with Gasteiger partial charge in [0.2, 0.25) is 0 Å². The standard InChI is InChI=1S/C12H19N3O3S/c1-3-14-11-5-6-13-9-10(11)12(16)15-7-8-19(17,18)4-2/h5-6,9H,3-4,7-8H2,1-2H3,(H,13,14)(H,15,16). The van der Waals surface area contributed by atoms with Gasteiger partial charge in [-0.3, -0.25) is 9.78 Å². The van der Waals surface area contributed by atoms with E-state index in [4.69, 9.17) is 0 Å². The third-order valence-corrected chi connectivity index (χ3v) is 4.28. The number of rotatable bonds is 7. The zero-order chi connectivity index (χ0) is 14.3. The lowest BCUT2D eigenvalue weighted by molar-refractivity contribution is 0.0956. The first-order valence-corrected chi connectivity index (χ1v) is 7.98. The third kappa shape index (κ3) is 4.86. The summed E-state index contributed by atoms with van der Waals surface area (Å²) in [6.45, 7) is 4.31. The average Bonchev–Trinajstić information content (AvgIpc) is 2.39. The van der Waals surface area contributed by atoms with Gasteiger partial charge in [-0.05, 0) is 13.0 Å². The van der Waals surface area contributed by atoms with Crippen molar-refractivity contribution >= 4 is 21.4 Å². The molecule has 0 atom stereocenters. The van der Waals surface area contributed by atoms with E-state index in [-0.39, 0.29) is 24.0 Å². The van der Waals surface area contributed by atoms with Gasteiger partial charge in [-0.25, -0.2) is 8.42 Å². The fourth-order valence-electron chi connectivity index (χ4n) is 1.48. The Bertz CT molecular complexity index is 529. The highest BCUT2D eigenvalue weighted by Crippen LogP contribution is 2.12. The van der Waals surface area contributed by atoms with Gasteiger partial charge in [0.15, 0.2) is 9.84 Å². The van der Waals surface area contributed by atoms with Gasteiger partial charge in [0.25, 0.3) is 5.91 Å². The van der Waals surface area contributed by atoms with Crippen molar-refractivity contribution in [3.8, 4) is 0 Å². The molecule has 0 radical (unpaired) electrons. The number of aromatic nitrogens is 1. The lowest BCUT2D eigenvalue weighted by atomic mass is 10.2. The highest BCUT2D eigenvalue weighted by Gasteiger charge is 2.12. The van der Waals surface area contributed by atoms with Crippen molar-refractivity contribution in [1.82, 2.24) is 10.3 Å². The number of carbonyl (C=O) groups is 1. The summed E-state index contributed by atoms with van der Waals surface area (Å²) in [4.78, 5) is 15.8. The highest BCUT2D eigenvalue weighted by molar-refractivity contribution is 7.91. The predicted molar refractivity (Wildman–Crippen MR) is 75.1 cm³/mol. The molecule has 106 valence electrons. The number of sulfone groups is 1. The van der Waals surface area contributed by atoms with Crippen LogP contribution in [-0.4, -0.2) is 43.9 Å². The molecule has 1 heterocycles. The molecule has 7 heteroatoms. The predicted octanol–water partition coefficient (Wildman–Crippen LogP) is 0.678. The molecule has 0 bridgehead atoms. The maximum absolute atomic E-state index is 11.9. The number of anilines is 1. The van der Waals surface area contributed by atoms with E-state index in [0.29, 0.717) is 17.8 Å². The number of pyridine rings is 1. The number of carbonyl (C=O) groups excluding carboxylic acids is 1. The van der Waals surface area contributed by atoms with Crippen LogP contribution < -0.4 is 10.6 Å². The molecule has 1 rings (SSSR count). The summed E-state index contributed by atoms with van der Waals surface area (Å²) in [5.74, 6) is -0.292. The largest absolute Gasteiger partial charge is 0.385 e. The lowest BCUT2D eigenvalue weighted by Crippen LogP contribution is -2.30. The van der Waals surface area contributed by atoms with Crippen LogP contribution >= 0.6 is 0 Å². The van der Waals surface area contributed by atoms with Crippen molar-refractivity contribution < 1.29 is 13.2 Å². The van der Waals surface area contributed by atoms with Crippen molar-refractivity contribution in [3.63, 3.8) is 0 Å². The van der Waals surface area contributed by atoms with Gasteiger partial charge in [0, 0.05) is 31.2 Å². The smallest absolute Gasteiger partial charge is 0.254 e. The molecule has 0 fully saturated rings. The van der Waals surface area contributed by atoms with E-state index in [1.54, 1.807) is 19.2 Å². The van der Waals surface area contributed by atoms with E-state index in [1.165, 1.54) is 6.20 Å². The Balaban J connectivity index is 2.64. The van der Waals surface area contributed by atoms with E-state index in [9.17, 15) is 13.2 Å². The van der Waals surface area contributed by atoms with E-state index in [1.807, 2.05) is 6.92 Å². The quantitative estimate of drug-likeness (QED) is 0.769. The molecule has 1 amide bonds. The SMILES string of the molecule is CCNc1ccncc1C(=O)NCCS(=O)(=O)CC. The molecule has 19 heavy (non-hydrogen) atoms. The summed E-state index contributed by atoms with van der Waals surface area (Å²) < 4.78 is 22.6. The minimum Gasteiger partial charge on any atom is -0.385 e. The van der Waals surface area contributed by atoms with Crippen molar-refractivity contribution in [3.05, 3.63) is 24.0 Å². The Hall–Kier alpha value is -1.63. The van der Waals surface area contributed by atoms with Crippen LogP contribution in [0.15, 0.2) is 18.5 Å². The van der Waals surface area contributed by atoms with Gasteiger partial charge in [-0.2, -0.15) is 0 Å². The molecule has 1 aromatic heterocycles. The van der Waals surface area contributed by atoms with Gasteiger partial charge in [0.1, 0.15) is 0 Å². The summed E-state index contributed by atoms with van der Waals surface area (Å²) >= 11 is 0. The van der Waals surface area contributed by atoms with Crippen LogP contribution in [0.25, 0.3) is 0 Å². The highest BCUT2D eigenvalue weighted by atomic mass is 32.2. The van der Waals surface area contributed by atoms with Crippen LogP contribution in [0.5, 0.6) is 0 Å². The summed E-state index contributed by atoms with van der Waals surface area (Å²) in [5, 5.41) is 5.65. The van der Waals surface area contributed by atoms with E-state index >= 15 is 0 Å². The maximum Gasteiger partial charge on any atom is 0.254 e. The van der Waals surface area contributed by atoms with Crippen LogP contribution in [0.3, 0.4) is 0 Å². The Morgan fingerprint density at radius 1 is 1.37 bits per heavy atom. The van der Waals surface area contributed by atoms with Crippen LogP contribution in [-0.2, 0) is 9.84 Å². The summed E-state index contributed by atoms with van der Waals surface area (Å²) in [7, 11) is -3.06. The monoisotopic (exact) mass is 285 g/mol. The second-order valence-corrected chi connectivity index (χ2v) is 6.42. The molecule has 0 saturated carbocycles. The summed E-state index contributed by atoms with van der Waals surface area (Å²) in [6.07, 6.45) is 3.05. The Morgan fingerprint density at radius 3 is 2.74 bits per heavy atom. The fraction of sp³-hybridized carbons (Fsp3) is 0.500. The molecule has 0 aliphatic carbocycles. The third-order valence-electron chi connectivity index (χ3n) is 2.57. The lowest BCUT2D eigenvalue weighted by Gasteiger charge is -2.10. The van der Waals surface area contributed by atoms with Gasteiger partial charge < -0.3 is 10.6 Å². The molecule has 0 unspecified atom stereocenters. The first-order valence-electron chi connectivity index (χ1n) is 6.16. The Kier molecular flexibility index (Phi) is 5.75. The maximum atomic E-state index is 11.9. The number of nitrogens with zero attached hydrogens (tertiary/aromatic N) is 1. The average molecular weight is 285 g/mol. The minimum atomic E-state index is -3.06. The number of hydrogen-bond acceptors (Lipinski definition) is 5. The molecule has 0 spiro atoms. The molecule has 2 N–H and O–H groups in total. The van der Waals surface area contributed by atoms with Crippen LogP contribution in [0.2, 0.25) is 0 Å². The van der Waals surface area contributed by atoms with Crippen molar-refractivity contribution in [2.45, 2.75) is 13.8 Å². The first-order chi connectivity index (χ1) is 9.00. The fourth-order valence-corrected chi connectivity index (χ4v) is 2.18. The number of nitrogens with one attached hydrogen (secondary N) is 2. The molecular formula is C12H19N3O3S. The van der Waals surface area contributed by atoms with E-state index in [0.717, 1.165) is 0 Å². The topological polar surface area (TPSA) is 88.2 Å². The van der Waals surface area contributed by atoms with Crippen molar-refractivity contribution in [2.75, 3.05) is 29.9 Å². The van der Waals surface area contributed by atoms with Gasteiger partial charge >= 0.3 is 0 Å². The Labute approximate surface area is 113 Å². The molecule has 0 aliphatic heterocycles. The van der Waals surface area contributed by atoms with Gasteiger partial charge in [-0.15, -0.1) is 0 Å². The Morgan fingerprint density at radius 2 is 2.11 bits per heavy atom. The molecule has 6 nitrogen and oxygen atoms in total. The molecule has 0 aromatic carbocycles. The molecule has 0 aliphatic rings. The number of hydrogen-bond donors (Lipinski definition) is 2. The summed E-state index contributed by atoms with van der Waals surface area (Å²) in [6, 6.07) is 1.71. The first kappa shape index (κ1) is 15.4. The molecule has 0 saturated heterocycles. The second-order valence-electron chi connectivity index (χ2n) is 3.94. The zero-order valence-corrected chi connectivity index (χ0v) is 12.0. The van der Waals surface area contributed by atoms with Crippen LogP contribution in [0.1, 0.15) is 24.2 Å². The molecular weight excluding hydrogens is 266 g/mol. The van der Waals surface area contributed by atoms with Crippen LogP contribution in [0, 0.1) is 0 Å². The second kappa shape index (κ2) is 7.08. The zero-order valence-electron chi connectivity index (χ0n) is 11.1. The van der Waals surface area contributed by atoms with Gasteiger partial charge in [-0.1, -0.05) is 6.92 Å². The summed E-state index contributed by atoms with van der Waals surface area (Å²) in [5.41, 5.74) is 1.10. The van der Waals surface area contributed by atoms with Gasteiger partial charge in [0.05, 0.1) is 17.0 Å². The minimum absolute atomic E-state index is 0.0496. The van der Waals surface area contributed by atoms with Crippen molar-refractivity contribution in [2.24, 2.45) is 0 Å². The number of amides is 1. The normalized spacial score (nSPS) is 11.1. The molecule has 1 aromatic rings. The van der Waals surface area contributed by atoms with Crippen LogP contribution in [0.4, 0.5) is 5.69 Å². The van der Waals surface area contributed by atoms with E-state index < -0.39 is 9.84 Å². The van der Waals surface area contributed by atoms with E-state index in [2.05, 4.69) is 15.6 Å².